The van der Waals surface area contributed by atoms with Gasteiger partial charge in [0.15, 0.2) is 0 Å². The molecule has 1 fully saturated rings. The van der Waals surface area contributed by atoms with Crippen molar-refractivity contribution in [3.05, 3.63) is 29.3 Å². The maximum atomic E-state index is 11.5. The Morgan fingerprint density at radius 1 is 1.27 bits per heavy atom. The molecule has 1 aliphatic heterocycles. The molecule has 1 aliphatic carbocycles. The van der Waals surface area contributed by atoms with Gasteiger partial charge < -0.3 is 11.1 Å². The molecule has 1 aromatic rings. The lowest BCUT2D eigenvalue weighted by Gasteiger charge is -2.32. The van der Waals surface area contributed by atoms with Crippen molar-refractivity contribution in [3.8, 4) is 0 Å². The number of fused-ring (bicyclic) bond motifs is 1. The van der Waals surface area contributed by atoms with E-state index in [2.05, 4.69) is 24.4 Å². The molecule has 1 amide bonds. The Balaban J connectivity index is 1.60. The van der Waals surface area contributed by atoms with Crippen LogP contribution in [-0.4, -0.2) is 5.91 Å². The first-order chi connectivity index (χ1) is 10.7. The molecule has 1 saturated carbocycles. The molecule has 1 aromatic carbocycles. The van der Waals surface area contributed by atoms with Crippen molar-refractivity contribution in [3.63, 3.8) is 0 Å². The molecule has 1 unspecified atom stereocenters. The zero-order valence-electron chi connectivity index (χ0n) is 13.6. The smallest absolute Gasteiger partial charge is 0.228 e. The molecule has 1 heterocycles. The van der Waals surface area contributed by atoms with Crippen molar-refractivity contribution < 1.29 is 4.79 Å². The van der Waals surface area contributed by atoms with E-state index < -0.39 is 0 Å². The van der Waals surface area contributed by atoms with Crippen LogP contribution in [0.15, 0.2) is 18.2 Å². The number of rotatable bonds is 5. The lowest BCUT2D eigenvalue weighted by atomic mass is 9.75. The number of benzene rings is 1. The average molecular weight is 300 g/mol. The van der Waals surface area contributed by atoms with Crippen molar-refractivity contribution in [2.24, 2.45) is 17.6 Å². The summed E-state index contributed by atoms with van der Waals surface area (Å²) in [7, 11) is 0. The fraction of sp³-hybridized carbons (Fsp3) is 0.632. The van der Waals surface area contributed by atoms with Gasteiger partial charge in [-0.05, 0) is 41.9 Å². The largest absolute Gasteiger partial charge is 0.326 e. The van der Waals surface area contributed by atoms with Crippen molar-refractivity contribution >= 4 is 11.6 Å². The standard InChI is InChI=1S/C19H28N2O/c1-2-3-4-13-5-7-14(8-6-13)19(20)15-9-10-17-16(11-15)12-18(22)21-17/h9-11,13-14,19H,2-8,12,20H2,1H3,(H,21,22). The summed E-state index contributed by atoms with van der Waals surface area (Å²) in [6.45, 7) is 2.27. The molecule has 3 heteroatoms. The summed E-state index contributed by atoms with van der Waals surface area (Å²) in [6.07, 6.45) is 9.75. The minimum atomic E-state index is 0.0946. The van der Waals surface area contributed by atoms with Crippen molar-refractivity contribution in [1.82, 2.24) is 0 Å². The van der Waals surface area contributed by atoms with Crippen LogP contribution < -0.4 is 11.1 Å². The zero-order chi connectivity index (χ0) is 15.5. The average Bonchev–Trinajstić information content (AvgIpc) is 2.91. The molecule has 3 rings (SSSR count). The summed E-state index contributed by atoms with van der Waals surface area (Å²) in [5.74, 6) is 1.61. The number of hydrogen-bond donors (Lipinski definition) is 2. The number of unbranched alkanes of at least 4 members (excludes halogenated alkanes) is 1. The lowest BCUT2D eigenvalue weighted by Crippen LogP contribution is -2.26. The number of nitrogens with two attached hydrogens (primary N) is 1. The number of amides is 1. The van der Waals surface area contributed by atoms with Gasteiger partial charge in [-0.15, -0.1) is 0 Å². The van der Waals surface area contributed by atoms with Gasteiger partial charge in [0, 0.05) is 11.7 Å². The summed E-state index contributed by atoms with van der Waals surface area (Å²) in [5.41, 5.74) is 9.81. The van der Waals surface area contributed by atoms with E-state index in [0.717, 1.165) is 17.2 Å². The highest BCUT2D eigenvalue weighted by Gasteiger charge is 2.27. The van der Waals surface area contributed by atoms with Crippen LogP contribution in [0.5, 0.6) is 0 Å². The maximum absolute atomic E-state index is 11.5. The highest BCUT2D eigenvalue weighted by Crippen LogP contribution is 2.38. The third-order valence-corrected chi connectivity index (χ3v) is 5.50. The van der Waals surface area contributed by atoms with Crippen LogP contribution in [0.3, 0.4) is 0 Å². The second-order valence-electron chi connectivity index (χ2n) is 7.09. The van der Waals surface area contributed by atoms with E-state index in [0.29, 0.717) is 12.3 Å². The Morgan fingerprint density at radius 3 is 2.77 bits per heavy atom. The summed E-state index contributed by atoms with van der Waals surface area (Å²) < 4.78 is 0. The van der Waals surface area contributed by atoms with Crippen LogP contribution in [-0.2, 0) is 11.2 Å². The topological polar surface area (TPSA) is 55.1 Å². The third-order valence-electron chi connectivity index (χ3n) is 5.50. The summed E-state index contributed by atoms with van der Waals surface area (Å²) in [5, 5.41) is 2.89. The number of carbonyl (C=O) groups excluding carboxylic acids is 1. The molecule has 0 aromatic heterocycles. The molecular formula is C19H28N2O. The van der Waals surface area contributed by atoms with Gasteiger partial charge >= 0.3 is 0 Å². The second kappa shape index (κ2) is 6.82. The first-order valence-electron chi connectivity index (χ1n) is 8.85. The van der Waals surface area contributed by atoms with Gasteiger partial charge in [-0.3, -0.25) is 4.79 Å². The van der Waals surface area contributed by atoms with Gasteiger partial charge in [0.25, 0.3) is 0 Å². The van der Waals surface area contributed by atoms with E-state index in [9.17, 15) is 4.79 Å². The van der Waals surface area contributed by atoms with E-state index in [1.165, 1.54) is 50.5 Å². The van der Waals surface area contributed by atoms with Crippen LogP contribution in [0.25, 0.3) is 0 Å². The molecule has 22 heavy (non-hydrogen) atoms. The van der Waals surface area contributed by atoms with Crippen molar-refractivity contribution in [2.75, 3.05) is 5.32 Å². The number of anilines is 1. The Hall–Kier alpha value is -1.35. The molecular weight excluding hydrogens is 272 g/mol. The van der Waals surface area contributed by atoms with E-state index in [1.807, 2.05) is 6.07 Å². The fourth-order valence-electron chi connectivity index (χ4n) is 4.06. The molecule has 1 atom stereocenters. The van der Waals surface area contributed by atoms with Gasteiger partial charge in [-0.1, -0.05) is 51.2 Å². The van der Waals surface area contributed by atoms with Crippen LogP contribution in [0, 0.1) is 11.8 Å². The van der Waals surface area contributed by atoms with Gasteiger partial charge in [0.1, 0.15) is 0 Å². The lowest BCUT2D eigenvalue weighted by molar-refractivity contribution is -0.115. The molecule has 2 aliphatic rings. The van der Waals surface area contributed by atoms with Gasteiger partial charge in [-0.2, -0.15) is 0 Å². The predicted octanol–water partition coefficient (Wildman–Crippen LogP) is 4.18. The summed E-state index contributed by atoms with van der Waals surface area (Å²) in [6, 6.07) is 6.37. The maximum Gasteiger partial charge on any atom is 0.228 e. The normalized spacial score (nSPS) is 25.6. The number of carbonyl (C=O) groups is 1. The second-order valence-corrected chi connectivity index (χ2v) is 7.09. The Labute approximate surface area is 133 Å². The van der Waals surface area contributed by atoms with Gasteiger partial charge in [-0.25, -0.2) is 0 Å². The van der Waals surface area contributed by atoms with Gasteiger partial charge in [0.05, 0.1) is 6.42 Å². The number of nitrogens with one attached hydrogen (secondary N) is 1. The van der Waals surface area contributed by atoms with Crippen LogP contribution in [0.2, 0.25) is 0 Å². The Morgan fingerprint density at radius 2 is 2.05 bits per heavy atom. The van der Waals surface area contributed by atoms with E-state index in [1.54, 1.807) is 0 Å². The minimum absolute atomic E-state index is 0.0946. The summed E-state index contributed by atoms with van der Waals surface area (Å²) in [4.78, 5) is 11.5. The number of hydrogen-bond acceptors (Lipinski definition) is 2. The Bertz CT molecular complexity index is 532. The van der Waals surface area contributed by atoms with E-state index >= 15 is 0 Å². The first kappa shape index (κ1) is 15.5. The molecule has 0 bridgehead atoms. The van der Waals surface area contributed by atoms with Gasteiger partial charge in [0.2, 0.25) is 5.91 Å². The summed E-state index contributed by atoms with van der Waals surface area (Å²) >= 11 is 0. The first-order valence-corrected chi connectivity index (χ1v) is 8.85. The molecule has 0 radical (unpaired) electrons. The highest BCUT2D eigenvalue weighted by molar-refractivity contribution is 5.99. The van der Waals surface area contributed by atoms with Crippen LogP contribution in [0.4, 0.5) is 5.69 Å². The van der Waals surface area contributed by atoms with E-state index in [-0.39, 0.29) is 11.9 Å². The molecule has 120 valence electrons. The molecule has 0 spiro atoms. The Kier molecular flexibility index (Phi) is 4.82. The molecule has 3 N–H and O–H groups in total. The molecule has 3 nitrogen and oxygen atoms in total. The predicted molar refractivity (Wildman–Crippen MR) is 90.7 cm³/mol. The highest BCUT2D eigenvalue weighted by atomic mass is 16.1. The molecule has 0 saturated heterocycles. The fourth-order valence-corrected chi connectivity index (χ4v) is 4.06. The minimum Gasteiger partial charge on any atom is -0.326 e. The SMILES string of the molecule is CCCCC1CCC(C(N)c2ccc3c(c2)CC(=O)N3)CC1. The van der Waals surface area contributed by atoms with Crippen LogP contribution >= 0.6 is 0 Å². The quantitative estimate of drug-likeness (QED) is 0.857. The van der Waals surface area contributed by atoms with Crippen molar-refractivity contribution in [1.29, 1.82) is 0 Å². The van der Waals surface area contributed by atoms with Crippen molar-refractivity contribution in [2.45, 2.75) is 64.3 Å². The zero-order valence-corrected chi connectivity index (χ0v) is 13.6. The van der Waals surface area contributed by atoms with E-state index in [4.69, 9.17) is 5.73 Å². The monoisotopic (exact) mass is 300 g/mol. The van der Waals surface area contributed by atoms with Crippen LogP contribution in [0.1, 0.15) is 69.0 Å². The third kappa shape index (κ3) is 3.35.